The molecule has 0 spiro atoms. The van der Waals surface area contributed by atoms with Crippen LogP contribution in [-0.4, -0.2) is 15.0 Å². The van der Waals surface area contributed by atoms with Crippen LogP contribution in [0.4, 0.5) is 14.6 Å². The Kier molecular flexibility index (Phi) is 2.90. The molecule has 0 unspecified atom stereocenters. The highest BCUT2D eigenvalue weighted by Crippen LogP contribution is 2.23. The molecule has 20 heavy (non-hydrogen) atoms. The summed E-state index contributed by atoms with van der Waals surface area (Å²) in [4.78, 5) is 11.2. The van der Waals surface area contributed by atoms with Gasteiger partial charge in [-0.1, -0.05) is 0 Å². The second kappa shape index (κ2) is 4.73. The molecular formula is C14H10F2N4. The van der Waals surface area contributed by atoms with E-state index in [1.54, 1.807) is 24.5 Å². The topological polar surface area (TPSA) is 67.6 Å². The molecule has 0 atom stereocenters. The van der Waals surface area contributed by atoms with E-state index in [9.17, 15) is 8.78 Å². The number of hydrogen-bond donors (Lipinski definition) is 2. The Morgan fingerprint density at radius 1 is 0.900 bits per heavy atom. The van der Waals surface area contributed by atoms with Crippen molar-refractivity contribution in [2.75, 3.05) is 5.73 Å². The fourth-order valence-electron chi connectivity index (χ4n) is 1.82. The second-order valence-electron chi connectivity index (χ2n) is 4.25. The predicted octanol–water partition coefficient (Wildman–Crippen LogP) is 3.00. The average molecular weight is 272 g/mol. The summed E-state index contributed by atoms with van der Waals surface area (Å²) in [5, 5.41) is 0. The maximum Gasteiger partial charge on any atom is 0.159 e. The number of halogens is 2. The molecule has 2 aromatic heterocycles. The Balaban J connectivity index is 1.97. The first-order valence-corrected chi connectivity index (χ1v) is 5.86. The van der Waals surface area contributed by atoms with Gasteiger partial charge in [-0.25, -0.2) is 18.7 Å². The number of benzene rings is 1. The maximum atomic E-state index is 13.2. The number of nitrogen functional groups attached to an aromatic ring is 1. The molecule has 3 aromatic rings. The van der Waals surface area contributed by atoms with Crippen molar-refractivity contribution >= 4 is 5.82 Å². The van der Waals surface area contributed by atoms with Crippen LogP contribution in [0.25, 0.3) is 22.6 Å². The van der Waals surface area contributed by atoms with Crippen molar-refractivity contribution in [1.29, 1.82) is 0 Å². The molecule has 3 N–H and O–H groups in total. The molecule has 0 radical (unpaired) electrons. The van der Waals surface area contributed by atoms with Crippen molar-refractivity contribution < 1.29 is 8.78 Å². The first-order valence-electron chi connectivity index (χ1n) is 5.86. The number of nitrogens with zero attached hydrogens (tertiary/aromatic N) is 2. The number of H-pyrrole nitrogens is 1. The zero-order valence-electron chi connectivity index (χ0n) is 10.3. The van der Waals surface area contributed by atoms with Crippen molar-refractivity contribution in [3.8, 4) is 22.6 Å². The highest BCUT2D eigenvalue weighted by Gasteiger charge is 2.08. The first kappa shape index (κ1) is 12.3. The first-order chi connectivity index (χ1) is 9.63. The Bertz CT molecular complexity index is 750. The second-order valence-corrected chi connectivity index (χ2v) is 4.25. The van der Waals surface area contributed by atoms with Crippen LogP contribution < -0.4 is 5.73 Å². The fourth-order valence-corrected chi connectivity index (χ4v) is 1.82. The van der Waals surface area contributed by atoms with E-state index in [1.807, 2.05) is 0 Å². The fraction of sp³-hybridized carbons (Fsp3) is 0. The molecule has 0 saturated carbocycles. The standard InChI is InChI=1S/C14H10F2N4/c15-10-3-1-8(5-11(10)16)12-7-19-14(20-12)9-2-4-13(17)18-6-9/h1-7H,(H2,17,18)(H,19,20). The van der Waals surface area contributed by atoms with Crippen LogP contribution in [0.5, 0.6) is 0 Å². The normalized spacial score (nSPS) is 10.7. The number of pyridine rings is 1. The molecule has 0 fully saturated rings. The van der Waals surface area contributed by atoms with E-state index in [-0.39, 0.29) is 0 Å². The summed E-state index contributed by atoms with van der Waals surface area (Å²) < 4.78 is 26.1. The third kappa shape index (κ3) is 2.23. The van der Waals surface area contributed by atoms with Crippen LogP contribution in [0.3, 0.4) is 0 Å². The molecule has 0 aliphatic carbocycles. The van der Waals surface area contributed by atoms with Crippen molar-refractivity contribution in [2.45, 2.75) is 0 Å². The molecule has 0 aliphatic heterocycles. The third-order valence-electron chi connectivity index (χ3n) is 2.87. The van der Waals surface area contributed by atoms with Crippen LogP contribution >= 0.6 is 0 Å². The molecule has 1 aromatic carbocycles. The van der Waals surface area contributed by atoms with Crippen LogP contribution in [0.15, 0.2) is 42.7 Å². The van der Waals surface area contributed by atoms with Crippen molar-refractivity contribution in [3.63, 3.8) is 0 Å². The lowest BCUT2D eigenvalue weighted by Gasteiger charge is -1.99. The highest BCUT2D eigenvalue weighted by atomic mass is 19.2. The van der Waals surface area contributed by atoms with E-state index in [0.29, 0.717) is 22.9 Å². The van der Waals surface area contributed by atoms with Crippen molar-refractivity contribution in [3.05, 3.63) is 54.4 Å². The van der Waals surface area contributed by atoms with Crippen LogP contribution in [0, 0.1) is 11.6 Å². The monoisotopic (exact) mass is 272 g/mol. The Hall–Kier alpha value is -2.76. The summed E-state index contributed by atoms with van der Waals surface area (Å²) >= 11 is 0. The summed E-state index contributed by atoms with van der Waals surface area (Å²) in [7, 11) is 0. The zero-order valence-corrected chi connectivity index (χ0v) is 10.3. The average Bonchev–Trinajstić information content (AvgIpc) is 2.92. The Morgan fingerprint density at radius 3 is 2.40 bits per heavy atom. The minimum absolute atomic E-state index is 0.418. The third-order valence-corrected chi connectivity index (χ3v) is 2.87. The highest BCUT2D eigenvalue weighted by molar-refractivity contribution is 5.64. The van der Waals surface area contributed by atoms with E-state index in [0.717, 1.165) is 17.7 Å². The number of rotatable bonds is 2. The molecular weight excluding hydrogens is 262 g/mol. The lowest BCUT2D eigenvalue weighted by molar-refractivity contribution is 0.509. The van der Waals surface area contributed by atoms with Gasteiger partial charge in [-0.05, 0) is 30.3 Å². The number of aromatic nitrogens is 3. The molecule has 0 saturated heterocycles. The number of imidazole rings is 1. The molecule has 0 bridgehead atoms. The van der Waals surface area contributed by atoms with E-state index in [1.165, 1.54) is 6.07 Å². The van der Waals surface area contributed by atoms with Gasteiger partial charge in [-0.15, -0.1) is 0 Å². The van der Waals surface area contributed by atoms with Crippen LogP contribution in [0.1, 0.15) is 0 Å². The van der Waals surface area contributed by atoms with Gasteiger partial charge < -0.3 is 10.7 Å². The number of hydrogen-bond acceptors (Lipinski definition) is 3. The van der Waals surface area contributed by atoms with Gasteiger partial charge in [0.25, 0.3) is 0 Å². The molecule has 0 amide bonds. The lowest BCUT2D eigenvalue weighted by atomic mass is 10.1. The summed E-state index contributed by atoms with van der Waals surface area (Å²) in [5.41, 5.74) is 7.38. The number of anilines is 1. The molecule has 6 heteroatoms. The molecule has 3 rings (SSSR count). The smallest absolute Gasteiger partial charge is 0.159 e. The van der Waals surface area contributed by atoms with Crippen LogP contribution in [0.2, 0.25) is 0 Å². The summed E-state index contributed by atoms with van der Waals surface area (Å²) in [6.45, 7) is 0. The van der Waals surface area contributed by atoms with Gasteiger partial charge in [0.1, 0.15) is 11.6 Å². The minimum Gasteiger partial charge on any atom is -0.384 e. The summed E-state index contributed by atoms with van der Waals surface area (Å²) in [6.07, 6.45) is 3.14. The molecule has 0 aliphatic rings. The number of nitrogens with one attached hydrogen (secondary N) is 1. The Labute approximate surface area is 113 Å². The lowest BCUT2D eigenvalue weighted by Crippen LogP contribution is -1.90. The van der Waals surface area contributed by atoms with Crippen molar-refractivity contribution in [1.82, 2.24) is 15.0 Å². The van der Waals surface area contributed by atoms with E-state index < -0.39 is 11.6 Å². The largest absolute Gasteiger partial charge is 0.384 e. The van der Waals surface area contributed by atoms with Crippen molar-refractivity contribution in [2.24, 2.45) is 0 Å². The van der Waals surface area contributed by atoms with Gasteiger partial charge in [0.15, 0.2) is 11.6 Å². The summed E-state index contributed by atoms with van der Waals surface area (Å²) in [5.74, 6) is -0.776. The van der Waals surface area contributed by atoms with E-state index >= 15 is 0 Å². The molecule has 4 nitrogen and oxygen atoms in total. The van der Waals surface area contributed by atoms with Gasteiger partial charge in [0, 0.05) is 17.3 Å². The van der Waals surface area contributed by atoms with Crippen LogP contribution in [-0.2, 0) is 0 Å². The van der Waals surface area contributed by atoms with Gasteiger partial charge in [-0.3, -0.25) is 0 Å². The van der Waals surface area contributed by atoms with E-state index in [2.05, 4.69) is 15.0 Å². The molecule has 2 heterocycles. The maximum absolute atomic E-state index is 13.2. The van der Waals surface area contributed by atoms with Gasteiger partial charge in [-0.2, -0.15) is 0 Å². The summed E-state index contributed by atoms with van der Waals surface area (Å²) in [6, 6.07) is 7.12. The Morgan fingerprint density at radius 2 is 1.70 bits per heavy atom. The molecule has 100 valence electrons. The zero-order chi connectivity index (χ0) is 14.1. The van der Waals surface area contributed by atoms with Gasteiger partial charge in [0.05, 0.1) is 11.9 Å². The predicted molar refractivity (Wildman–Crippen MR) is 71.6 cm³/mol. The minimum atomic E-state index is -0.896. The van der Waals surface area contributed by atoms with E-state index in [4.69, 9.17) is 5.73 Å². The number of aromatic amines is 1. The number of nitrogens with two attached hydrogens (primary N) is 1. The van der Waals surface area contributed by atoms with Gasteiger partial charge >= 0.3 is 0 Å². The SMILES string of the molecule is Nc1ccc(-c2ncc(-c3ccc(F)c(F)c3)[nH]2)cn1. The quantitative estimate of drug-likeness (QED) is 0.753. The van der Waals surface area contributed by atoms with Gasteiger partial charge in [0.2, 0.25) is 0 Å².